The summed E-state index contributed by atoms with van der Waals surface area (Å²) < 4.78 is 28.2. The van der Waals surface area contributed by atoms with Crippen molar-refractivity contribution in [1.82, 2.24) is 10.2 Å². The normalized spacial score (nSPS) is 12.4. The van der Waals surface area contributed by atoms with E-state index in [1.54, 1.807) is 6.07 Å². The zero-order valence-corrected chi connectivity index (χ0v) is 20.3. The number of hydrogen-bond acceptors (Lipinski definition) is 4. The molecule has 0 heterocycles. The molecule has 2 N–H and O–H groups in total. The van der Waals surface area contributed by atoms with E-state index in [1.807, 2.05) is 58.3 Å². The number of nitrogens with one attached hydrogen (secondary N) is 2. The van der Waals surface area contributed by atoms with Gasteiger partial charge >= 0.3 is 0 Å². The minimum Gasteiger partial charge on any atom is -0.350 e. The van der Waals surface area contributed by atoms with Gasteiger partial charge in [0.15, 0.2) is 0 Å². The second-order valence-corrected chi connectivity index (χ2v) is 10.1. The van der Waals surface area contributed by atoms with Gasteiger partial charge in [-0.15, -0.1) is 0 Å². The van der Waals surface area contributed by atoms with Gasteiger partial charge in [-0.3, -0.25) is 9.52 Å². The Balaban J connectivity index is 1.65. The number of rotatable bonds is 9. The van der Waals surface area contributed by atoms with Crippen molar-refractivity contribution < 1.29 is 13.2 Å². The average Bonchev–Trinajstić information content (AvgIpc) is 2.80. The molecule has 33 heavy (non-hydrogen) atoms. The van der Waals surface area contributed by atoms with Crippen LogP contribution in [0.1, 0.15) is 27.0 Å². The summed E-state index contributed by atoms with van der Waals surface area (Å²) in [5.41, 5.74) is 4.05. The number of hydrogen-bond donors (Lipinski definition) is 2. The number of sulfonamides is 1. The van der Waals surface area contributed by atoms with Gasteiger partial charge in [-0.2, -0.15) is 0 Å². The summed E-state index contributed by atoms with van der Waals surface area (Å²) in [5.74, 6) is -0.235. The summed E-state index contributed by atoms with van der Waals surface area (Å²) in [5, 5.41) is 2.97. The van der Waals surface area contributed by atoms with Crippen LogP contribution < -0.4 is 10.0 Å². The number of anilines is 1. The molecule has 0 aromatic heterocycles. The lowest BCUT2D eigenvalue weighted by atomic mass is 10.1. The summed E-state index contributed by atoms with van der Waals surface area (Å²) in [6.45, 7) is 4.29. The van der Waals surface area contributed by atoms with E-state index < -0.39 is 10.0 Å². The molecule has 0 fully saturated rings. The summed E-state index contributed by atoms with van der Waals surface area (Å²) in [4.78, 5) is 14.9. The van der Waals surface area contributed by atoms with Crippen LogP contribution in [0, 0.1) is 13.8 Å². The van der Waals surface area contributed by atoms with Crippen LogP contribution in [0.15, 0.2) is 77.7 Å². The summed E-state index contributed by atoms with van der Waals surface area (Å²) in [6.07, 6.45) is 0.815. The SMILES string of the molecule is Cc1cccc(NS(=O)(=O)c2ccc(C(=O)NC[C@H](Cc3ccccc3)N(C)C)cc2)c1C. The Kier molecular flexibility index (Phi) is 7.89. The molecule has 0 radical (unpaired) electrons. The highest BCUT2D eigenvalue weighted by Crippen LogP contribution is 2.22. The molecule has 0 spiro atoms. The van der Waals surface area contributed by atoms with Crippen LogP contribution in [0.2, 0.25) is 0 Å². The van der Waals surface area contributed by atoms with E-state index in [0.717, 1.165) is 17.5 Å². The Morgan fingerprint density at radius 2 is 1.58 bits per heavy atom. The van der Waals surface area contributed by atoms with Gasteiger partial charge in [-0.05, 0) is 81.4 Å². The zero-order valence-electron chi connectivity index (χ0n) is 19.5. The van der Waals surface area contributed by atoms with Crippen LogP contribution in [-0.4, -0.2) is 45.9 Å². The van der Waals surface area contributed by atoms with Gasteiger partial charge in [0.1, 0.15) is 0 Å². The van der Waals surface area contributed by atoms with Crippen LogP contribution in [0.3, 0.4) is 0 Å². The van der Waals surface area contributed by atoms with Crippen molar-refractivity contribution in [3.63, 3.8) is 0 Å². The molecule has 1 amide bonds. The Bertz CT molecular complexity index is 1190. The van der Waals surface area contributed by atoms with E-state index in [4.69, 9.17) is 0 Å². The molecule has 3 rings (SSSR count). The minimum atomic E-state index is -3.75. The van der Waals surface area contributed by atoms with E-state index in [1.165, 1.54) is 29.8 Å². The van der Waals surface area contributed by atoms with Crippen molar-refractivity contribution >= 4 is 21.6 Å². The molecular formula is C26H31N3O3S. The minimum absolute atomic E-state index is 0.107. The van der Waals surface area contributed by atoms with Gasteiger partial charge in [0.2, 0.25) is 0 Å². The van der Waals surface area contributed by atoms with Crippen LogP contribution in [-0.2, 0) is 16.4 Å². The highest BCUT2D eigenvalue weighted by atomic mass is 32.2. The first-order valence-electron chi connectivity index (χ1n) is 10.8. The lowest BCUT2D eigenvalue weighted by Gasteiger charge is -2.24. The Hall–Kier alpha value is -3.16. The molecule has 7 heteroatoms. The fourth-order valence-corrected chi connectivity index (χ4v) is 4.61. The molecule has 3 aromatic rings. The first kappa shape index (κ1) is 24.5. The molecule has 0 saturated carbocycles. The number of carbonyl (C=O) groups is 1. The number of benzene rings is 3. The van der Waals surface area contributed by atoms with E-state index in [2.05, 4.69) is 27.1 Å². The van der Waals surface area contributed by atoms with Crippen molar-refractivity contribution in [2.45, 2.75) is 31.2 Å². The van der Waals surface area contributed by atoms with E-state index >= 15 is 0 Å². The second-order valence-electron chi connectivity index (χ2n) is 8.39. The quantitative estimate of drug-likeness (QED) is 0.501. The van der Waals surface area contributed by atoms with Gasteiger partial charge < -0.3 is 10.2 Å². The Morgan fingerprint density at radius 3 is 2.21 bits per heavy atom. The number of carbonyl (C=O) groups excluding carboxylic acids is 1. The van der Waals surface area contributed by atoms with Gasteiger partial charge in [-0.1, -0.05) is 42.5 Å². The Labute approximate surface area is 196 Å². The van der Waals surface area contributed by atoms with Crippen LogP contribution in [0.5, 0.6) is 0 Å². The molecule has 0 saturated heterocycles. The van der Waals surface area contributed by atoms with Gasteiger partial charge in [0.25, 0.3) is 15.9 Å². The maximum Gasteiger partial charge on any atom is 0.261 e. The molecule has 0 aliphatic heterocycles. The molecular weight excluding hydrogens is 434 g/mol. The smallest absolute Gasteiger partial charge is 0.261 e. The van der Waals surface area contributed by atoms with Gasteiger partial charge in [0, 0.05) is 18.2 Å². The molecule has 0 aliphatic rings. The maximum absolute atomic E-state index is 12.8. The number of amides is 1. The predicted molar refractivity (Wildman–Crippen MR) is 133 cm³/mol. The highest BCUT2D eigenvalue weighted by Gasteiger charge is 2.18. The van der Waals surface area contributed by atoms with Crippen molar-refractivity contribution in [3.05, 3.63) is 95.1 Å². The molecule has 3 aromatic carbocycles. The van der Waals surface area contributed by atoms with Crippen LogP contribution in [0.25, 0.3) is 0 Å². The molecule has 6 nitrogen and oxygen atoms in total. The molecule has 174 valence electrons. The van der Waals surface area contributed by atoms with Crippen LogP contribution in [0.4, 0.5) is 5.69 Å². The van der Waals surface area contributed by atoms with Crippen molar-refractivity contribution in [2.75, 3.05) is 25.4 Å². The van der Waals surface area contributed by atoms with Crippen molar-refractivity contribution in [3.8, 4) is 0 Å². The second kappa shape index (κ2) is 10.6. The van der Waals surface area contributed by atoms with Gasteiger partial charge in [0.05, 0.1) is 10.6 Å². The first-order valence-corrected chi connectivity index (χ1v) is 12.3. The largest absolute Gasteiger partial charge is 0.350 e. The third kappa shape index (κ3) is 6.43. The van der Waals surface area contributed by atoms with Crippen molar-refractivity contribution in [1.29, 1.82) is 0 Å². The van der Waals surface area contributed by atoms with Crippen LogP contribution >= 0.6 is 0 Å². The highest BCUT2D eigenvalue weighted by molar-refractivity contribution is 7.92. The summed E-state index contributed by atoms with van der Waals surface area (Å²) in [7, 11) is 0.222. The van der Waals surface area contributed by atoms with E-state index in [-0.39, 0.29) is 16.8 Å². The summed E-state index contributed by atoms with van der Waals surface area (Å²) >= 11 is 0. The Morgan fingerprint density at radius 1 is 0.909 bits per heavy atom. The van der Waals surface area contributed by atoms with E-state index in [0.29, 0.717) is 17.8 Å². The molecule has 0 bridgehead atoms. The third-order valence-corrected chi connectivity index (χ3v) is 7.20. The number of nitrogens with zero attached hydrogens (tertiary/aromatic N) is 1. The molecule has 0 unspecified atom stereocenters. The standard InChI is InChI=1S/C26H31N3O3S/c1-19-9-8-12-25(20(19)2)28-33(31,32)24-15-13-22(14-16-24)26(30)27-18-23(29(3)4)17-21-10-6-5-7-11-21/h5-16,23,28H,17-18H2,1-4H3,(H,27,30)/t23-/m0/s1. The lowest BCUT2D eigenvalue weighted by Crippen LogP contribution is -2.41. The monoisotopic (exact) mass is 465 g/mol. The predicted octanol–water partition coefficient (Wildman–Crippen LogP) is 4.01. The first-order chi connectivity index (χ1) is 15.7. The molecule has 0 aliphatic carbocycles. The number of aryl methyl sites for hydroxylation is 1. The maximum atomic E-state index is 12.8. The summed E-state index contributed by atoms with van der Waals surface area (Å²) in [6, 6.07) is 21.7. The fraction of sp³-hybridized carbons (Fsp3) is 0.269. The van der Waals surface area contributed by atoms with Crippen molar-refractivity contribution in [2.24, 2.45) is 0 Å². The topological polar surface area (TPSA) is 78.5 Å². The fourth-order valence-electron chi connectivity index (χ4n) is 3.49. The lowest BCUT2D eigenvalue weighted by molar-refractivity contribution is 0.0941. The molecule has 1 atom stereocenters. The average molecular weight is 466 g/mol. The zero-order chi connectivity index (χ0) is 24.0. The number of likely N-dealkylation sites (N-methyl/N-ethyl adjacent to an activating group) is 1. The third-order valence-electron chi connectivity index (χ3n) is 5.82. The van der Waals surface area contributed by atoms with E-state index in [9.17, 15) is 13.2 Å². The van der Waals surface area contributed by atoms with Gasteiger partial charge in [-0.25, -0.2) is 8.42 Å².